The highest BCUT2D eigenvalue weighted by Gasteiger charge is 2.18. The van der Waals surface area contributed by atoms with E-state index in [2.05, 4.69) is 64.0 Å². The van der Waals surface area contributed by atoms with Crippen molar-refractivity contribution in [2.45, 2.75) is 19.9 Å². The Hall–Kier alpha value is -3.95. The largest absolute Gasteiger partial charge is 0.383 e. The van der Waals surface area contributed by atoms with Gasteiger partial charge in [-0.25, -0.2) is 4.98 Å². The van der Waals surface area contributed by atoms with Crippen LogP contribution in [0.5, 0.6) is 0 Å². The van der Waals surface area contributed by atoms with E-state index in [0.717, 1.165) is 60.9 Å². The molecule has 0 fully saturated rings. The van der Waals surface area contributed by atoms with Gasteiger partial charge < -0.3 is 9.72 Å². The van der Waals surface area contributed by atoms with Crippen molar-refractivity contribution in [1.29, 1.82) is 5.26 Å². The summed E-state index contributed by atoms with van der Waals surface area (Å²) in [7, 11) is 0. The van der Waals surface area contributed by atoms with Crippen LogP contribution < -0.4 is 5.32 Å². The summed E-state index contributed by atoms with van der Waals surface area (Å²) < 4.78 is 1.97. The lowest BCUT2D eigenvalue weighted by Gasteiger charge is -2.31. The molecule has 6 nitrogen and oxygen atoms in total. The molecular weight excluding hydrogens is 420 g/mol. The Morgan fingerprint density at radius 3 is 2.74 bits per heavy atom. The standard InChI is InChI=1S/C28H28N6/c1-20(16-33-12-11-23-5-3-4-6-25(23)17-33)14-30-21(2)26-18-34-19-27(31-15-28(34)32-26)24-9-7-22(13-29)8-10-24/h3-10,15,18-20,30H,2,11-12,14,16-17H2,1H3. The van der Waals surface area contributed by atoms with Crippen molar-refractivity contribution in [2.75, 3.05) is 19.6 Å². The number of nitrogens with one attached hydrogen (secondary N) is 1. The number of hydrogen-bond acceptors (Lipinski definition) is 5. The summed E-state index contributed by atoms with van der Waals surface area (Å²) >= 11 is 0. The molecule has 0 amide bonds. The van der Waals surface area contributed by atoms with Crippen LogP contribution in [0, 0.1) is 17.2 Å². The van der Waals surface area contributed by atoms with Gasteiger partial charge in [0.2, 0.25) is 0 Å². The first-order valence-electron chi connectivity index (χ1n) is 11.7. The molecule has 0 bridgehead atoms. The van der Waals surface area contributed by atoms with Crippen LogP contribution in [0.4, 0.5) is 0 Å². The summed E-state index contributed by atoms with van der Waals surface area (Å²) in [4.78, 5) is 11.8. The molecule has 1 unspecified atom stereocenters. The predicted molar refractivity (Wildman–Crippen MR) is 135 cm³/mol. The second-order valence-electron chi connectivity index (χ2n) is 9.07. The van der Waals surface area contributed by atoms with Gasteiger partial charge in [0.05, 0.1) is 29.2 Å². The molecule has 0 saturated carbocycles. The number of hydrogen-bond donors (Lipinski definition) is 1. The lowest BCUT2D eigenvalue weighted by Crippen LogP contribution is -2.36. The fourth-order valence-electron chi connectivity index (χ4n) is 4.51. The fourth-order valence-corrected chi connectivity index (χ4v) is 4.51. The van der Waals surface area contributed by atoms with Gasteiger partial charge in [0.1, 0.15) is 5.69 Å². The predicted octanol–water partition coefficient (Wildman–Crippen LogP) is 4.52. The summed E-state index contributed by atoms with van der Waals surface area (Å²) in [6, 6.07) is 18.3. The topological polar surface area (TPSA) is 69.2 Å². The van der Waals surface area contributed by atoms with Crippen LogP contribution >= 0.6 is 0 Å². The van der Waals surface area contributed by atoms with Gasteiger partial charge in [0.15, 0.2) is 5.65 Å². The zero-order valence-corrected chi connectivity index (χ0v) is 19.4. The van der Waals surface area contributed by atoms with Crippen molar-refractivity contribution in [3.8, 4) is 17.3 Å². The van der Waals surface area contributed by atoms with Crippen LogP contribution in [0.2, 0.25) is 0 Å². The first-order valence-corrected chi connectivity index (χ1v) is 11.7. The molecule has 1 N–H and O–H groups in total. The minimum atomic E-state index is 0.490. The lowest BCUT2D eigenvalue weighted by molar-refractivity contribution is 0.220. The van der Waals surface area contributed by atoms with E-state index in [9.17, 15) is 0 Å². The Morgan fingerprint density at radius 2 is 1.94 bits per heavy atom. The zero-order chi connectivity index (χ0) is 23.5. The molecule has 1 aliphatic heterocycles. The maximum Gasteiger partial charge on any atom is 0.156 e. The van der Waals surface area contributed by atoms with Crippen molar-refractivity contribution < 1.29 is 0 Å². The average molecular weight is 449 g/mol. The molecule has 2 aromatic heterocycles. The van der Waals surface area contributed by atoms with Crippen LogP contribution in [0.15, 0.2) is 73.7 Å². The maximum atomic E-state index is 9.00. The zero-order valence-electron chi connectivity index (χ0n) is 19.4. The van der Waals surface area contributed by atoms with E-state index in [0.29, 0.717) is 11.5 Å². The first kappa shape index (κ1) is 21.9. The second kappa shape index (κ2) is 9.50. The van der Waals surface area contributed by atoms with Gasteiger partial charge in [-0.2, -0.15) is 5.26 Å². The molecule has 0 aliphatic carbocycles. The van der Waals surface area contributed by atoms with Gasteiger partial charge in [-0.15, -0.1) is 0 Å². The Bertz CT molecular complexity index is 1360. The van der Waals surface area contributed by atoms with Crippen molar-refractivity contribution in [3.63, 3.8) is 0 Å². The van der Waals surface area contributed by atoms with Crippen LogP contribution in [-0.4, -0.2) is 38.9 Å². The number of aromatic nitrogens is 3. The number of benzene rings is 2. The van der Waals surface area contributed by atoms with Crippen molar-refractivity contribution in [1.82, 2.24) is 24.6 Å². The van der Waals surface area contributed by atoms with E-state index in [1.54, 1.807) is 18.3 Å². The van der Waals surface area contributed by atoms with Gasteiger partial charge in [-0.3, -0.25) is 9.88 Å². The van der Waals surface area contributed by atoms with Crippen LogP contribution in [0.1, 0.15) is 29.3 Å². The Kier molecular flexibility index (Phi) is 6.11. The summed E-state index contributed by atoms with van der Waals surface area (Å²) in [5.41, 5.74) is 7.78. The summed E-state index contributed by atoms with van der Waals surface area (Å²) in [5, 5.41) is 12.5. The van der Waals surface area contributed by atoms with E-state index >= 15 is 0 Å². The highest BCUT2D eigenvalue weighted by atomic mass is 15.1. The molecule has 1 atom stereocenters. The molecule has 1 aliphatic rings. The molecule has 34 heavy (non-hydrogen) atoms. The minimum Gasteiger partial charge on any atom is -0.383 e. The molecule has 0 radical (unpaired) electrons. The Labute approximate surface area is 200 Å². The molecule has 3 heterocycles. The molecule has 5 rings (SSSR count). The van der Waals surface area contributed by atoms with Gasteiger partial charge in [0.25, 0.3) is 0 Å². The second-order valence-corrected chi connectivity index (χ2v) is 9.07. The Balaban J connectivity index is 1.19. The first-order chi connectivity index (χ1) is 16.6. The van der Waals surface area contributed by atoms with Crippen LogP contribution in [0.3, 0.4) is 0 Å². The lowest BCUT2D eigenvalue weighted by atomic mass is 9.99. The molecule has 4 aromatic rings. The van der Waals surface area contributed by atoms with E-state index in [1.807, 2.05) is 28.9 Å². The van der Waals surface area contributed by atoms with Gasteiger partial charge in [-0.1, -0.05) is 49.9 Å². The minimum absolute atomic E-state index is 0.490. The van der Waals surface area contributed by atoms with Crippen molar-refractivity contribution >= 4 is 11.3 Å². The van der Waals surface area contributed by atoms with Crippen molar-refractivity contribution in [2.24, 2.45) is 5.92 Å². The van der Waals surface area contributed by atoms with Gasteiger partial charge in [0, 0.05) is 44.1 Å². The summed E-state index contributed by atoms with van der Waals surface area (Å²) in [6.45, 7) is 10.5. The quantitative estimate of drug-likeness (QED) is 0.450. The summed E-state index contributed by atoms with van der Waals surface area (Å²) in [6.07, 6.45) is 6.83. The highest BCUT2D eigenvalue weighted by Crippen LogP contribution is 2.21. The molecule has 2 aromatic carbocycles. The maximum absolute atomic E-state index is 9.00. The van der Waals surface area contributed by atoms with Crippen LogP contribution in [-0.2, 0) is 13.0 Å². The third-order valence-corrected chi connectivity index (χ3v) is 6.40. The molecular formula is C28H28N6. The number of nitrogens with zero attached hydrogens (tertiary/aromatic N) is 5. The van der Waals surface area contributed by atoms with E-state index in [4.69, 9.17) is 5.26 Å². The van der Waals surface area contributed by atoms with Crippen molar-refractivity contribution in [3.05, 3.63) is 96.1 Å². The summed E-state index contributed by atoms with van der Waals surface area (Å²) in [5.74, 6) is 0.490. The number of fused-ring (bicyclic) bond motifs is 2. The number of rotatable bonds is 7. The van der Waals surface area contributed by atoms with Crippen LogP contribution in [0.25, 0.3) is 22.6 Å². The third kappa shape index (κ3) is 4.70. The average Bonchev–Trinajstić information content (AvgIpc) is 3.31. The third-order valence-electron chi connectivity index (χ3n) is 6.40. The number of nitriles is 1. The molecule has 170 valence electrons. The smallest absolute Gasteiger partial charge is 0.156 e. The van der Waals surface area contributed by atoms with E-state index in [-0.39, 0.29) is 0 Å². The molecule has 0 saturated heterocycles. The van der Waals surface area contributed by atoms with E-state index < -0.39 is 0 Å². The number of imidazole rings is 1. The highest BCUT2D eigenvalue weighted by molar-refractivity contribution is 5.64. The SMILES string of the molecule is C=C(NCC(C)CN1CCc2ccccc2C1)c1cn2cc(-c3ccc(C#N)cc3)ncc2n1. The van der Waals surface area contributed by atoms with E-state index in [1.165, 1.54) is 11.1 Å². The Morgan fingerprint density at radius 1 is 1.15 bits per heavy atom. The van der Waals surface area contributed by atoms with Gasteiger partial charge in [-0.05, 0) is 35.6 Å². The van der Waals surface area contributed by atoms with Gasteiger partial charge >= 0.3 is 0 Å². The molecule has 6 heteroatoms. The molecule has 0 spiro atoms. The normalized spacial score (nSPS) is 14.4. The monoisotopic (exact) mass is 448 g/mol. The fraction of sp³-hybridized carbons (Fsp3) is 0.250.